The van der Waals surface area contributed by atoms with E-state index < -0.39 is 10.0 Å². The van der Waals surface area contributed by atoms with E-state index in [-0.39, 0.29) is 5.38 Å². The molecule has 0 spiro atoms. The zero-order chi connectivity index (χ0) is 14.9. The average Bonchev–Trinajstić information content (AvgIpc) is 2.90. The summed E-state index contributed by atoms with van der Waals surface area (Å²) in [4.78, 5) is 4.33. The number of sulfonamides is 1. The summed E-state index contributed by atoms with van der Waals surface area (Å²) in [5.41, 5.74) is 0. The first-order chi connectivity index (χ1) is 10.1. The predicted molar refractivity (Wildman–Crippen MR) is 83.9 cm³/mol. The Kier molecular flexibility index (Phi) is 4.15. The Morgan fingerprint density at radius 3 is 2.90 bits per heavy atom. The van der Waals surface area contributed by atoms with Crippen LogP contribution >= 0.6 is 11.6 Å². The summed E-state index contributed by atoms with van der Waals surface area (Å²) in [6, 6.07) is 6.96. The van der Waals surface area contributed by atoms with Gasteiger partial charge in [-0.2, -0.15) is 0 Å². The lowest BCUT2D eigenvalue weighted by Crippen LogP contribution is -2.28. The normalized spacial score (nSPS) is 22.7. The number of nitrogens with one attached hydrogen (secondary N) is 1. The van der Waals surface area contributed by atoms with E-state index in [1.807, 2.05) is 6.07 Å². The van der Waals surface area contributed by atoms with Crippen LogP contribution in [0.4, 0.5) is 0 Å². The van der Waals surface area contributed by atoms with Crippen molar-refractivity contribution in [2.24, 2.45) is 5.92 Å². The second kappa shape index (κ2) is 5.91. The Morgan fingerprint density at radius 1 is 1.29 bits per heavy atom. The van der Waals surface area contributed by atoms with Crippen molar-refractivity contribution in [2.45, 2.75) is 29.5 Å². The zero-order valence-electron chi connectivity index (χ0n) is 11.5. The second-order valence-electron chi connectivity index (χ2n) is 5.48. The molecular formula is C15H17ClN2O2S. The van der Waals surface area contributed by atoms with E-state index in [1.54, 1.807) is 30.6 Å². The lowest BCUT2D eigenvalue weighted by Gasteiger charge is -2.13. The van der Waals surface area contributed by atoms with Crippen LogP contribution in [0.3, 0.4) is 0 Å². The fraction of sp³-hybridized carbons (Fsp3) is 0.400. The summed E-state index contributed by atoms with van der Waals surface area (Å²) >= 11 is 6.07. The summed E-state index contributed by atoms with van der Waals surface area (Å²) in [5, 5.41) is 1.70. The fourth-order valence-electron chi connectivity index (χ4n) is 2.83. The monoisotopic (exact) mass is 324 g/mol. The van der Waals surface area contributed by atoms with Crippen LogP contribution in [0.2, 0.25) is 0 Å². The van der Waals surface area contributed by atoms with E-state index in [0.717, 1.165) is 24.6 Å². The molecular weight excluding hydrogens is 308 g/mol. The van der Waals surface area contributed by atoms with Crippen molar-refractivity contribution in [1.29, 1.82) is 0 Å². The molecule has 0 aliphatic heterocycles. The third kappa shape index (κ3) is 3.20. The lowest BCUT2D eigenvalue weighted by atomic mass is 10.1. The second-order valence-corrected chi connectivity index (χ2v) is 7.83. The highest BCUT2D eigenvalue weighted by atomic mass is 35.5. The minimum atomic E-state index is -3.51. The van der Waals surface area contributed by atoms with E-state index in [1.165, 1.54) is 0 Å². The number of pyridine rings is 1. The molecule has 0 saturated heterocycles. The summed E-state index contributed by atoms with van der Waals surface area (Å²) < 4.78 is 27.8. The van der Waals surface area contributed by atoms with E-state index in [0.29, 0.717) is 22.7 Å². The Bertz CT molecular complexity index is 743. The van der Waals surface area contributed by atoms with Gasteiger partial charge in [0.05, 0.1) is 4.90 Å². The number of alkyl halides is 1. The van der Waals surface area contributed by atoms with Crippen LogP contribution in [0.15, 0.2) is 41.6 Å². The zero-order valence-corrected chi connectivity index (χ0v) is 13.1. The molecule has 4 nitrogen and oxygen atoms in total. The molecule has 0 bridgehead atoms. The van der Waals surface area contributed by atoms with Gasteiger partial charge in [0.25, 0.3) is 0 Å². The van der Waals surface area contributed by atoms with Gasteiger partial charge in [-0.1, -0.05) is 12.1 Å². The predicted octanol–water partition coefficient (Wildman–Crippen LogP) is 2.92. The molecule has 1 saturated carbocycles. The topological polar surface area (TPSA) is 59.1 Å². The molecule has 21 heavy (non-hydrogen) atoms. The molecule has 2 atom stereocenters. The Morgan fingerprint density at radius 2 is 2.14 bits per heavy atom. The van der Waals surface area contributed by atoms with Gasteiger partial charge in [0.1, 0.15) is 0 Å². The minimum Gasteiger partial charge on any atom is -0.264 e. The number of aromatic nitrogens is 1. The first-order valence-corrected chi connectivity index (χ1v) is 8.95. The molecule has 6 heteroatoms. The van der Waals surface area contributed by atoms with Crippen LogP contribution in [-0.2, 0) is 10.0 Å². The number of rotatable bonds is 4. The van der Waals surface area contributed by atoms with E-state index in [4.69, 9.17) is 11.6 Å². The smallest absolute Gasteiger partial charge is 0.241 e. The number of nitrogens with zero attached hydrogens (tertiary/aromatic N) is 1. The van der Waals surface area contributed by atoms with Crippen LogP contribution < -0.4 is 4.72 Å². The molecule has 2 unspecified atom stereocenters. The van der Waals surface area contributed by atoms with Crippen molar-refractivity contribution in [2.75, 3.05) is 6.54 Å². The number of hydrogen-bond acceptors (Lipinski definition) is 3. The van der Waals surface area contributed by atoms with Crippen LogP contribution in [0.5, 0.6) is 0 Å². The molecule has 0 radical (unpaired) electrons. The molecule has 1 aromatic heterocycles. The van der Waals surface area contributed by atoms with E-state index >= 15 is 0 Å². The molecule has 1 N–H and O–H groups in total. The molecule has 3 rings (SSSR count). The van der Waals surface area contributed by atoms with Gasteiger partial charge in [-0.25, -0.2) is 13.1 Å². The fourth-order valence-corrected chi connectivity index (χ4v) is 4.55. The minimum absolute atomic E-state index is 0.183. The molecule has 2 aromatic rings. The molecule has 1 fully saturated rings. The highest BCUT2D eigenvalue weighted by Crippen LogP contribution is 2.29. The van der Waals surface area contributed by atoms with Gasteiger partial charge < -0.3 is 0 Å². The third-order valence-corrected chi connectivity index (χ3v) is 5.85. The van der Waals surface area contributed by atoms with Crippen LogP contribution in [0.1, 0.15) is 19.3 Å². The Hall–Kier alpha value is -1.17. The van der Waals surface area contributed by atoms with Gasteiger partial charge in [0.15, 0.2) is 0 Å². The number of hydrogen-bond donors (Lipinski definition) is 1. The van der Waals surface area contributed by atoms with Crippen molar-refractivity contribution in [3.05, 3.63) is 36.7 Å². The standard InChI is InChI=1S/C15H17ClN2O2S/c16-13-5-4-11(8-13)9-18-21(19,20)15-3-1-2-12-10-17-7-6-14(12)15/h1-3,6-7,10-11,13,18H,4-5,8-9H2. The van der Waals surface area contributed by atoms with Crippen molar-refractivity contribution in [1.82, 2.24) is 9.71 Å². The summed E-state index contributed by atoms with van der Waals surface area (Å²) in [5.74, 6) is 0.332. The first kappa shape index (κ1) is 14.8. The lowest BCUT2D eigenvalue weighted by molar-refractivity contribution is 0.520. The highest BCUT2D eigenvalue weighted by Gasteiger charge is 2.25. The largest absolute Gasteiger partial charge is 0.264 e. The van der Waals surface area contributed by atoms with Crippen molar-refractivity contribution in [3.8, 4) is 0 Å². The molecule has 1 aromatic carbocycles. The molecule has 0 amide bonds. The Balaban J connectivity index is 1.83. The quantitative estimate of drug-likeness (QED) is 0.880. The van der Waals surface area contributed by atoms with Crippen LogP contribution in [0.25, 0.3) is 10.8 Å². The van der Waals surface area contributed by atoms with Gasteiger partial charge >= 0.3 is 0 Å². The van der Waals surface area contributed by atoms with Crippen molar-refractivity contribution in [3.63, 3.8) is 0 Å². The van der Waals surface area contributed by atoms with Gasteiger partial charge in [0.2, 0.25) is 10.0 Å². The molecule has 1 heterocycles. The van der Waals surface area contributed by atoms with Crippen LogP contribution in [0, 0.1) is 5.92 Å². The number of benzene rings is 1. The molecule has 1 aliphatic rings. The molecule has 112 valence electrons. The van der Waals surface area contributed by atoms with Gasteiger partial charge in [-0.15, -0.1) is 11.6 Å². The SMILES string of the molecule is O=S(=O)(NCC1CCC(Cl)C1)c1cccc2cnccc12. The molecule has 1 aliphatic carbocycles. The maximum Gasteiger partial charge on any atom is 0.241 e. The van der Waals surface area contributed by atoms with E-state index in [9.17, 15) is 8.42 Å². The van der Waals surface area contributed by atoms with E-state index in [2.05, 4.69) is 9.71 Å². The van der Waals surface area contributed by atoms with Gasteiger partial charge in [-0.05, 0) is 37.3 Å². The maximum absolute atomic E-state index is 12.5. The van der Waals surface area contributed by atoms with Gasteiger partial charge in [-0.3, -0.25) is 4.98 Å². The average molecular weight is 325 g/mol. The van der Waals surface area contributed by atoms with Crippen LogP contribution in [-0.4, -0.2) is 25.3 Å². The number of halogens is 1. The van der Waals surface area contributed by atoms with Gasteiger partial charge in [0, 0.05) is 35.1 Å². The van der Waals surface area contributed by atoms with Crippen molar-refractivity contribution >= 4 is 32.4 Å². The highest BCUT2D eigenvalue weighted by molar-refractivity contribution is 7.89. The Labute approximate surface area is 129 Å². The number of fused-ring (bicyclic) bond motifs is 1. The summed E-state index contributed by atoms with van der Waals surface area (Å²) in [6.07, 6.45) is 6.10. The first-order valence-electron chi connectivity index (χ1n) is 7.03. The summed E-state index contributed by atoms with van der Waals surface area (Å²) in [6.45, 7) is 0.451. The maximum atomic E-state index is 12.5. The third-order valence-electron chi connectivity index (χ3n) is 3.97. The van der Waals surface area contributed by atoms with Crippen molar-refractivity contribution < 1.29 is 8.42 Å². The summed E-state index contributed by atoms with van der Waals surface area (Å²) in [7, 11) is -3.51.